The van der Waals surface area contributed by atoms with Crippen molar-refractivity contribution in [1.29, 1.82) is 0 Å². The van der Waals surface area contributed by atoms with E-state index in [9.17, 15) is 9.90 Å². The first kappa shape index (κ1) is 15.2. The molecule has 5 nitrogen and oxygen atoms in total. The normalized spacial score (nSPS) is 13.0. The van der Waals surface area contributed by atoms with Crippen molar-refractivity contribution >= 4 is 21.6 Å². The highest BCUT2D eigenvalue weighted by Crippen LogP contribution is 2.25. The van der Waals surface area contributed by atoms with Crippen LogP contribution in [0.4, 0.5) is 0 Å². The molecule has 20 heavy (non-hydrogen) atoms. The fourth-order valence-electron chi connectivity index (χ4n) is 2.14. The number of fused-ring (bicyclic) bond motifs is 1. The molecular formula is C14H21N3O2S. The van der Waals surface area contributed by atoms with E-state index in [1.807, 2.05) is 13.8 Å². The van der Waals surface area contributed by atoms with Gasteiger partial charge in [-0.05, 0) is 32.4 Å². The second-order valence-corrected chi connectivity index (χ2v) is 6.23. The van der Waals surface area contributed by atoms with E-state index in [2.05, 4.69) is 17.2 Å². The van der Waals surface area contributed by atoms with Gasteiger partial charge < -0.3 is 10.4 Å². The average molecular weight is 295 g/mol. The predicted octanol–water partition coefficient (Wildman–Crippen LogP) is 1.44. The summed E-state index contributed by atoms with van der Waals surface area (Å²) in [5.74, 6) is 0. The smallest absolute Gasteiger partial charge is 0.262 e. The highest BCUT2D eigenvalue weighted by molar-refractivity contribution is 7.18. The van der Waals surface area contributed by atoms with Crippen molar-refractivity contribution in [3.05, 3.63) is 27.1 Å². The minimum absolute atomic E-state index is 0.0635. The van der Waals surface area contributed by atoms with Crippen molar-refractivity contribution in [2.45, 2.75) is 39.8 Å². The van der Waals surface area contributed by atoms with Crippen molar-refractivity contribution in [1.82, 2.24) is 14.9 Å². The fourth-order valence-corrected chi connectivity index (χ4v) is 3.12. The first-order valence-corrected chi connectivity index (χ1v) is 7.70. The third kappa shape index (κ3) is 3.08. The SMILES string of the molecule is CCCNCC(O)Cn1cnc2sc(C)c(C)c2c1=O. The number of thiophene rings is 1. The van der Waals surface area contributed by atoms with Crippen LogP contribution in [0.25, 0.3) is 10.2 Å². The van der Waals surface area contributed by atoms with Crippen molar-refractivity contribution in [3.63, 3.8) is 0 Å². The molecule has 2 heterocycles. The molecule has 1 atom stereocenters. The zero-order chi connectivity index (χ0) is 14.7. The van der Waals surface area contributed by atoms with Gasteiger partial charge in [0.1, 0.15) is 4.83 Å². The predicted molar refractivity (Wildman–Crippen MR) is 82.5 cm³/mol. The molecule has 0 saturated carbocycles. The Bertz CT molecular complexity index is 648. The number of aliphatic hydroxyl groups is 1. The highest BCUT2D eigenvalue weighted by atomic mass is 32.1. The molecule has 0 aliphatic carbocycles. The average Bonchev–Trinajstić information content (AvgIpc) is 2.70. The lowest BCUT2D eigenvalue weighted by molar-refractivity contribution is 0.150. The van der Waals surface area contributed by atoms with Crippen LogP contribution in [0.2, 0.25) is 0 Å². The third-order valence-corrected chi connectivity index (χ3v) is 4.49. The number of aromatic nitrogens is 2. The van der Waals surface area contributed by atoms with E-state index >= 15 is 0 Å². The monoisotopic (exact) mass is 295 g/mol. The number of nitrogens with one attached hydrogen (secondary N) is 1. The van der Waals surface area contributed by atoms with Gasteiger partial charge in [0.2, 0.25) is 0 Å². The van der Waals surface area contributed by atoms with Gasteiger partial charge in [0.25, 0.3) is 5.56 Å². The maximum Gasteiger partial charge on any atom is 0.262 e. The summed E-state index contributed by atoms with van der Waals surface area (Å²) in [5.41, 5.74) is 0.932. The molecule has 0 fully saturated rings. The molecule has 2 N–H and O–H groups in total. The summed E-state index contributed by atoms with van der Waals surface area (Å²) in [6.45, 7) is 7.64. The van der Waals surface area contributed by atoms with E-state index in [0.717, 1.165) is 28.2 Å². The summed E-state index contributed by atoms with van der Waals surface area (Å²) < 4.78 is 1.50. The van der Waals surface area contributed by atoms with Crippen LogP contribution in [0.1, 0.15) is 23.8 Å². The highest BCUT2D eigenvalue weighted by Gasteiger charge is 2.13. The van der Waals surface area contributed by atoms with Crippen LogP contribution in [-0.4, -0.2) is 33.9 Å². The molecule has 0 aromatic carbocycles. The molecule has 1 unspecified atom stereocenters. The van der Waals surface area contributed by atoms with Gasteiger partial charge in [0.05, 0.1) is 24.4 Å². The lowest BCUT2D eigenvalue weighted by atomic mass is 10.2. The zero-order valence-corrected chi connectivity index (χ0v) is 13.0. The van der Waals surface area contributed by atoms with E-state index < -0.39 is 6.10 Å². The van der Waals surface area contributed by atoms with Crippen LogP contribution < -0.4 is 10.9 Å². The van der Waals surface area contributed by atoms with Crippen LogP contribution in [-0.2, 0) is 6.54 Å². The van der Waals surface area contributed by atoms with E-state index in [1.165, 1.54) is 22.2 Å². The van der Waals surface area contributed by atoms with Crippen LogP contribution in [0, 0.1) is 13.8 Å². The summed E-state index contributed by atoms with van der Waals surface area (Å²) in [6.07, 6.45) is 1.97. The molecule has 0 saturated heterocycles. The maximum absolute atomic E-state index is 12.4. The van der Waals surface area contributed by atoms with E-state index in [0.29, 0.717) is 11.9 Å². The Balaban J connectivity index is 2.21. The lowest BCUT2D eigenvalue weighted by Gasteiger charge is -2.13. The van der Waals surface area contributed by atoms with Crippen LogP contribution in [0.5, 0.6) is 0 Å². The molecular weight excluding hydrogens is 274 g/mol. The van der Waals surface area contributed by atoms with Crippen LogP contribution in [0.3, 0.4) is 0 Å². The standard InChI is InChI=1S/C14H21N3O2S/c1-4-5-15-6-11(18)7-17-8-16-13-12(14(17)19)9(2)10(3)20-13/h8,11,15,18H,4-7H2,1-3H3. The van der Waals surface area contributed by atoms with Crippen molar-refractivity contribution in [2.24, 2.45) is 0 Å². The van der Waals surface area contributed by atoms with Gasteiger partial charge in [-0.2, -0.15) is 0 Å². The molecule has 0 aliphatic rings. The Hall–Kier alpha value is -1.24. The Kier molecular flexibility index (Phi) is 4.91. The fraction of sp³-hybridized carbons (Fsp3) is 0.571. The Labute approximate surface area is 122 Å². The Morgan fingerprint density at radius 3 is 2.95 bits per heavy atom. The topological polar surface area (TPSA) is 67.2 Å². The molecule has 0 aliphatic heterocycles. The van der Waals surface area contributed by atoms with Crippen molar-refractivity contribution < 1.29 is 5.11 Å². The third-order valence-electron chi connectivity index (χ3n) is 3.37. The molecule has 0 radical (unpaired) electrons. The van der Waals surface area contributed by atoms with Gasteiger partial charge in [0.15, 0.2) is 0 Å². The first-order valence-electron chi connectivity index (χ1n) is 6.88. The first-order chi connectivity index (χ1) is 9.54. The molecule has 0 bridgehead atoms. The van der Waals surface area contributed by atoms with E-state index in [1.54, 1.807) is 0 Å². The number of hydrogen-bond donors (Lipinski definition) is 2. The molecule has 2 aromatic heterocycles. The number of hydrogen-bond acceptors (Lipinski definition) is 5. The van der Waals surface area contributed by atoms with Crippen LogP contribution >= 0.6 is 11.3 Å². The zero-order valence-electron chi connectivity index (χ0n) is 12.1. The van der Waals surface area contributed by atoms with E-state index in [-0.39, 0.29) is 12.1 Å². The van der Waals surface area contributed by atoms with Gasteiger partial charge in [-0.1, -0.05) is 6.92 Å². The second-order valence-electron chi connectivity index (χ2n) is 5.02. The minimum Gasteiger partial charge on any atom is -0.390 e. The number of nitrogens with zero attached hydrogens (tertiary/aromatic N) is 2. The molecule has 0 amide bonds. The van der Waals surface area contributed by atoms with Crippen LogP contribution in [0.15, 0.2) is 11.1 Å². The Morgan fingerprint density at radius 1 is 1.50 bits per heavy atom. The lowest BCUT2D eigenvalue weighted by Crippen LogP contribution is -2.34. The summed E-state index contributed by atoms with van der Waals surface area (Å²) in [6, 6.07) is 0. The van der Waals surface area contributed by atoms with Gasteiger partial charge in [-0.15, -0.1) is 11.3 Å². The Morgan fingerprint density at radius 2 is 2.25 bits per heavy atom. The van der Waals surface area contributed by atoms with Gasteiger partial charge in [-0.25, -0.2) is 4.98 Å². The second kappa shape index (κ2) is 6.47. The van der Waals surface area contributed by atoms with E-state index in [4.69, 9.17) is 0 Å². The van der Waals surface area contributed by atoms with Gasteiger partial charge in [0, 0.05) is 11.4 Å². The largest absolute Gasteiger partial charge is 0.390 e. The van der Waals surface area contributed by atoms with Gasteiger partial charge in [-0.3, -0.25) is 9.36 Å². The minimum atomic E-state index is -0.585. The number of rotatable bonds is 6. The quantitative estimate of drug-likeness (QED) is 0.791. The molecule has 0 spiro atoms. The summed E-state index contributed by atoms with van der Waals surface area (Å²) in [7, 11) is 0. The maximum atomic E-state index is 12.4. The van der Waals surface area contributed by atoms with Crippen molar-refractivity contribution in [2.75, 3.05) is 13.1 Å². The number of aryl methyl sites for hydroxylation is 2. The molecule has 2 aromatic rings. The van der Waals surface area contributed by atoms with Crippen molar-refractivity contribution in [3.8, 4) is 0 Å². The molecule has 110 valence electrons. The molecule has 2 rings (SSSR count). The van der Waals surface area contributed by atoms with Gasteiger partial charge >= 0.3 is 0 Å². The summed E-state index contributed by atoms with van der Waals surface area (Å²) >= 11 is 1.54. The summed E-state index contributed by atoms with van der Waals surface area (Å²) in [5, 5.41) is 13.8. The molecule has 6 heteroatoms. The number of aliphatic hydroxyl groups excluding tert-OH is 1. The summed E-state index contributed by atoms with van der Waals surface area (Å²) in [4.78, 5) is 18.6.